The predicted octanol–water partition coefficient (Wildman–Crippen LogP) is 2.54. The Balaban J connectivity index is 1.80. The first-order valence-electron chi connectivity index (χ1n) is 6.94. The maximum atomic E-state index is 13.9. The van der Waals surface area contributed by atoms with Gasteiger partial charge in [0.2, 0.25) is 5.95 Å². The fourth-order valence-electron chi connectivity index (χ4n) is 2.67. The van der Waals surface area contributed by atoms with Gasteiger partial charge in [0.05, 0.1) is 5.69 Å². The van der Waals surface area contributed by atoms with Crippen molar-refractivity contribution in [3.63, 3.8) is 0 Å². The van der Waals surface area contributed by atoms with Gasteiger partial charge in [-0.2, -0.15) is 4.39 Å². The standard InChI is InChI=1S/C15H14FN5/c16-14-9(3-4-11(17)21-14)5-10-6-18-15-12(10)13(8-1-2-8)19-7-20-15/h3-4,6-8H,1-2,5H2,(H2,17,21)(H,18,19,20). The maximum Gasteiger partial charge on any atom is 0.218 e. The van der Waals surface area contributed by atoms with Crippen LogP contribution in [-0.2, 0) is 6.42 Å². The molecule has 1 aliphatic carbocycles. The minimum absolute atomic E-state index is 0.192. The monoisotopic (exact) mass is 283 g/mol. The normalized spacial score (nSPS) is 14.7. The van der Waals surface area contributed by atoms with E-state index in [0.29, 0.717) is 17.9 Å². The van der Waals surface area contributed by atoms with Gasteiger partial charge >= 0.3 is 0 Å². The third-order valence-electron chi connectivity index (χ3n) is 3.87. The lowest BCUT2D eigenvalue weighted by atomic mass is 10.0. The predicted molar refractivity (Wildman–Crippen MR) is 77.3 cm³/mol. The highest BCUT2D eigenvalue weighted by Gasteiger charge is 2.28. The van der Waals surface area contributed by atoms with Crippen LogP contribution in [0.5, 0.6) is 0 Å². The van der Waals surface area contributed by atoms with Gasteiger partial charge in [-0.3, -0.25) is 0 Å². The average Bonchev–Trinajstić information content (AvgIpc) is 3.23. The zero-order valence-corrected chi connectivity index (χ0v) is 11.3. The lowest BCUT2D eigenvalue weighted by Gasteiger charge is -2.05. The van der Waals surface area contributed by atoms with E-state index in [1.54, 1.807) is 18.5 Å². The third kappa shape index (κ3) is 2.12. The molecule has 5 nitrogen and oxygen atoms in total. The first-order valence-corrected chi connectivity index (χ1v) is 6.94. The van der Waals surface area contributed by atoms with E-state index >= 15 is 0 Å². The molecule has 106 valence electrons. The molecule has 3 aromatic heterocycles. The highest BCUT2D eigenvalue weighted by atomic mass is 19.1. The van der Waals surface area contributed by atoms with Crippen LogP contribution >= 0.6 is 0 Å². The Bertz CT molecular complexity index is 822. The average molecular weight is 283 g/mol. The van der Waals surface area contributed by atoms with Gasteiger partial charge in [-0.25, -0.2) is 15.0 Å². The molecule has 0 atom stereocenters. The van der Waals surface area contributed by atoms with Crippen LogP contribution in [0.15, 0.2) is 24.7 Å². The van der Waals surface area contributed by atoms with Crippen LogP contribution in [-0.4, -0.2) is 19.9 Å². The van der Waals surface area contributed by atoms with E-state index in [4.69, 9.17) is 5.73 Å². The van der Waals surface area contributed by atoms with E-state index in [1.807, 2.05) is 6.20 Å². The summed E-state index contributed by atoms with van der Waals surface area (Å²) < 4.78 is 13.9. The lowest BCUT2D eigenvalue weighted by molar-refractivity contribution is 0.572. The first kappa shape index (κ1) is 12.3. The summed E-state index contributed by atoms with van der Waals surface area (Å²) in [7, 11) is 0. The molecular weight excluding hydrogens is 269 g/mol. The second-order valence-corrected chi connectivity index (χ2v) is 5.43. The quantitative estimate of drug-likeness (QED) is 0.724. The third-order valence-corrected chi connectivity index (χ3v) is 3.87. The molecule has 6 heteroatoms. The summed E-state index contributed by atoms with van der Waals surface area (Å²) in [6, 6.07) is 3.29. The smallest absolute Gasteiger partial charge is 0.218 e. The number of pyridine rings is 1. The van der Waals surface area contributed by atoms with Crippen molar-refractivity contribution in [1.29, 1.82) is 0 Å². The largest absolute Gasteiger partial charge is 0.384 e. The first-order chi connectivity index (χ1) is 10.2. The van der Waals surface area contributed by atoms with Crippen molar-refractivity contribution in [2.45, 2.75) is 25.2 Å². The van der Waals surface area contributed by atoms with Gasteiger partial charge in [-0.05, 0) is 24.5 Å². The lowest BCUT2D eigenvalue weighted by Crippen LogP contribution is -2.00. The van der Waals surface area contributed by atoms with Crippen LogP contribution in [0.4, 0.5) is 10.2 Å². The number of nitrogens with two attached hydrogens (primary N) is 1. The van der Waals surface area contributed by atoms with Gasteiger partial charge in [0.15, 0.2) is 0 Å². The van der Waals surface area contributed by atoms with Gasteiger partial charge < -0.3 is 10.7 Å². The Kier molecular flexibility index (Phi) is 2.63. The Morgan fingerprint density at radius 2 is 2.10 bits per heavy atom. The summed E-state index contributed by atoms with van der Waals surface area (Å²) in [5.74, 6) is 0.186. The molecule has 0 bridgehead atoms. The van der Waals surface area contributed by atoms with E-state index in [2.05, 4.69) is 19.9 Å². The summed E-state index contributed by atoms with van der Waals surface area (Å²) in [5, 5.41) is 1.02. The summed E-state index contributed by atoms with van der Waals surface area (Å²) in [6.07, 6.45) is 6.23. The minimum atomic E-state index is -0.519. The number of hydrogen-bond acceptors (Lipinski definition) is 4. The SMILES string of the molecule is Nc1ccc(Cc2c[nH]c3ncnc(C4CC4)c23)c(F)n1. The molecule has 0 saturated heterocycles. The van der Waals surface area contributed by atoms with Crippen LogP contribution in [0.2, 0.25) is 0 Å². The molecule has 3 heterocycles. The van der Waals surface area contributed by atoms with Gasteiger partial charge in [0.25, 0.3) is 0 Å². The van der Waals surface area contributed by atoms with Crippen molar-refractivity contribution in [2.75, 3.05) is 5.73 Å². The molecule has 0 amide bonds. The van der Waals surface area contributed by atoms with E-state index < -0.39 is 5.95 Å². The number of nitrogens with zero attached hydrogens (tertiary/aromatic N) is 3. The number of rotatable bonds is 3. The Morgan fingerprint density at radius 3 is 2.86 bits per heavy atom. The molecule has 0 radical (unpaired) electrons. The van der Waals surface area contributed by atoms with Crippen molar-refractivity contribution in [3.8, 4) is 0 Å². The van der Waals surface area contributed by atoms with E-state index in [1.165, 1.54) is 0 Å². The maximum absolute atomic E-state index is 13.9. The molecule has 1 saturated carbocycles. The van der Waals surface area contributed by atoms with Crippen molar-refractivity contribution in [2.24, 2.45) is 0 Å². The number of halogens is 1. The molecular formula is C15H14FN5. The van der Waals surface area contributed by atoms with Crippen molar-refractivity contribution in [1.82, 2.24) is 19.9 Å². The molecule has 3 N–H and O–H groups in total. The number of nitrogens with one attached hydrogen (secondary N) is 1. The molecule has 21 heavy (non-hydrogen) atoms. The van der Waals surface area contributed by atoms with Crippen molar-refractivity contribution < 1.29 is 4.39 Å². The summed E-state index contributed by atoms with van der Waals surface area (Å²) in [6.45, 7) is 0. The van der Waals surface area contributed by atoms with Crippen LogP contribution in [0.1, 0.15) is 35.6 Å². The van der Waals surface area contributed by atoms with E-state index in [9.17, 15) is 4.39 Å². The number of hydrogen-bond donors (Lipinski definition) is 2. The van der Waals surface area contributed by atoms with Crippen molar-refractivity contribution in [3.05, 3.63) is 47.4 Å². The number of fused-ring (bicyclic) bond motifs is 1. The van der Waals surface area contributed by atoms with Gasteiger partial charge in [-0.1, -0.05) is 6.07 Å². The minimum Gasteiger partial charge on any atom is -0.384 e. The van der Waals surface area contributed by atoms with Gasteiger partial charge in [-0.15, -0.1) is 0 Å². The van der Waals surface area contributed by atoms with Crippen LogP contribution < -0.4 is 5.73 Å². The Morgan fingerprint density at radius 1 is 1.24 bits per heavy atom. The zero-order valence-electron chi connectivity index (χ0n) is 11.3. The number of aromatic nitrogens is 4. The zero-order chi connectivity index (χ0) is 14.4. The Hall–Kier alpha value is -2.50. The Labute approximate surface area is 120 Å². The summed E-state index contributed by atoms with van der Waals surface area (Å²) in [5.41, 5.74) is 8.89. The summed E-state index contributed by atoms with van der Waals surface area (Å²) >= 11 is 0. The van der Waals surface area contributed by atoms with Gasteiger partial charge in [0.1, 0.15) is 17.8 Å². The topological polar surface area (TPSA) is 80.5 Å². The number of H-pyrrole nitrogens is 1. The summed E-state index contributed by atoms with van der Waals surface area (Å²) in [4.78, 5) is 15.5. The highest BCUT2D eigenvalue weighted by Crippen LogP contribution is 2.42. The second kappa shape index (κ2) is 4.51. The molecule has 0 unspecified atom stereocenters. The number of nitrogen functional groups attached to an aromatic ring is 1. The van der Waals surface area contributed by atoms with Crippen LogP contribution in [0.3, 0.4) is 0 Å². The molecule has 4 rings (SSSR count). The van der Waals surface area contributed by atoms with Gasteiger partial charge in [0, 0.05) is 29.5 Å². The van der Waals surface area contributed by atoms with E-state index in [0.717, 1.165) is 35.1 Å². The molecule has 0 spiro atoms. The van der Waals surface area contributed by atoms with E-state index in [-0.39, 0.29) is 5.82 Å². The second-order valence-electron chi connectivity index (χ2n) is 5.43. The molecule has 1 aliphatic rings. The van der Waals surface area contributed by atoms with Crippen LogP contribution in [0, 0.1) is 5.95 Å². The highest BCUT2D eigenvalue weighted by molar-refractivity contribution is 5.83. The number of anilines is 1. The fourth-order valence-corrected chi connectivity index (χ4v) is 2.67. The van der Waals surface area contributed by atoms with Crippen molar-refractivity contribution >= 4 is 16.9 Å². The van der Waals surface area contributed by atoms with Crippen LogP contribution in [0.25, 0.3) is 11.0 Å². The molecule has 0 aliphatic heterocycles. The molecule has 3 aromatic rings. The fraction of sp³-hybridized carbons (Fsp3) is 0.267. The molecule has 1 fully saturated rings. The molecule has 0 aromatic carbocycles. The number of aromatic amines is 1.